The molecule has 1 aromatic rings. The van der Waals surface area contributed by atoms with Gasteiger partial charge in [-0.2, -0.15) is 0 Å². The van der Waals surface area contributed by atoms with E-state index in [0.29, 0.717) is 18.2 Å². The van der Waals surface area contributed by atoms with Crippen molar-refractivity contribution in [3.8, 4) is 0 Å². The molecule has 0 bridgehead atoms. The zero-order chi connectivity index (χ0) is 22.0. The second-order valence-electron chi connectivity index (χ2n) is 8.58. The normalized spacial score (nSPS) is 14.9. The van der Waals surface area contributed by atoms with Crippen LogP contribution in [0, 0.1) is 5.92 Å². The molecule has 0 spiro atoms. The molecule has 3 amide bonds. The lowest BCUT2D eigenvalue weighted by Crippen LogP contribution is -2.39. The van der Waals surface area contributed by atoms with Gasteiger partial charge < -0.3 is 20.7 Å². The molecule has 7 heteroatoms. The molecule has 1 fully saturated rings. The molecule has 1 saturated carbocycles. The number of carbonyl (C=O) groups excluding carboxylic acids is 3. The summed E-state index contributed by atoms with van der Waals surface area (Å²) in [7, 11) is 0. The Bertz CT molecular complexity index is 745. The second-order valence-corrected chi connectivity index (χ2v) is 8.58. The highest BCUT2D eigenvalue weighted by Crippen LogP contribution is 2.24. The lowest BCUT2D eigenvalue weighted by molar-refractivity contribution is -0.120. The average molecular weight is 416 g/mol. The molecule has 0 saturated heterocycles. The van der Waals surface area contributed by atoms with Gasteiger partial charge in [0.25, 0.3) is 0 Å². The summed E-state index contributed by atoms with van der Waals surface area (Å²) in [6.07, 6.45) is 9.12. The first-order valence-electron chi connectivity index (χ1n) is 10.5. The van der Waals surface area contributed by atoms with E-state index < -0.39 is 11.7 Å². The van der Waals surface area contributed by atoms with Crippen LogP contribution in [0.4, 0.5) is 10.5 Å². The number of hydrogen-bond acceptors (Lipinski definition) is 4. The summed E-state index contributed by atoms with van der Waals surface area (Å²) >= 11 is 0. The van der Waals surface area contributed by atoms with E-state index in [9.17, 15) is 14.4 Å². The van der Waals surface area contributed by atoms with Crippen LogP contribution < -0.4 is 16.0 Å². The van der Waals surface area contributed by atoms with Crippen molar-refractivity contribution in [3.05, 3.63) is 42.0 Å². The molecule has 0 aliphatic heterocycles. The maximum absolute atomic E-state index is 12.1. The quantitative estimate of drug-likeness (QED) is 0.589. The highest BCUT2D eigenvalue weighted by Gasteiger charge is 2.16. The summed E-state index contributed by atoms with van der Waals surface area (Å²) < 4.78 is 5.08. The van der Waals surface area contributed by atoms with Crippen molar-refractivity contribution in [2.75, 3.05) is 11.9 Å². The SMILES string of the molecule is CC(C)(C)OC(=O)NCC(=O)NCc1ccc(NC(=O)/C=C/C2CCCCC2)cc1. The number of allylic oxidation sites excluding steroid dienone is 1. The van der Waals surface area contributed by atoms with Gasteiger partial charge in [-0.05, 0) is 63.3 Å². The smallest absolute Gasteiger partial charge is 0.408 e. The van der Waals surface area contributed by atoms with Gasteiger partial charge in [0.1, 0.15) is 12.1 Å². The van der Waals surface area contributed by atoms with Crippen LogP contribution in [0.5, 0.6) is 0 Å². The molecular weight excluding hydrogens is 382 g/mol. The number of amides is 3. The van der Waals surface area contributed by atoms with Crippen molar-refractivity contribution in [1.82, 2.24) is 10.6 Å². The first kappa shape index (κ1) is 23.4. The minimum atomic E-state index is -0.629. The van der Waals surface area contributed by atoms with Crippen LogP contribution in [0.25, 0.3) is 0 Å². The Balaban J connectivity index is 1.69. The van der Waals surface area contributed by atoms with E-state index in [2.05, 4.69) is 16.0 Å². The third-order valence-electron chi connectivity index (χ3n) is 4.67. The third kappa shape index (κ3) is 9.58. The van der Waals surface area contributed by atoms with Crippen LogP contribution in [-0.2, 0) is 20.9 Å². The number of ether oxygens (including phenoxy) is 1. The summed E-state index contributed by atoms with van der Waals surface area (Å²) in [5.74, 6) is 0.0706. The Morgan fingerprint density at radius 3 is 2.33 bits per heavy atom. The molecule has 1 aliphatic rings. The molecule has 0 radical (unpaired) electrons. The zero-order valence-corrected chi connectivity index (χ0v) is 18.1. The largest absolute Gasteiger partial charge is 0.444 e. The van der Waals surface area contributed by atoms with Crippen LogP contribution in [0.3, 0.4) is 0 Å². The minimum Gasteiger partial charge on any atom is -0.444 e. The number of hydrogen-bond donors (Lipinski definition) is 3. The Morgan fingerprint density at radius 1 is 1.03 bits per heavy atom. The van der Waals surface area contributed by atoms with Gasteiger partial charge in [-0.1, -0.05) is 37.5 Å². The third-order valence-corrected chi connectivity index (χ3v) is 4.67. The van der Waals surface area contributed by atoms with Gasteiger partial charge in [0.05, 0.1) is 0 Å². The average Bonchev–Trinajstić information content (AvgIpc) is 2.70. The van der Waals surface area contributed by atoms with Gasteiger partial charge >= 0.3 is 6.09 Å². The van der Waals surface area contributed by atoms with Crippen LogP contribution in [0.15, 0.2) is 36.4 Å². The van der Waals surface area contributed by atoms with Crippen molar-refractivity contribution in [3.63, 3.8) is 0 Å². The molecule has 0 atom stereocenters. The fourth-order valence-corrected chi connectivity index (χ4v) is 3.17. The predicted molar refractivity (Wildman–Crippen MR) is 117 cm³/mol. The van der Waals surface area contributed by atoms with Crippen LogP contribution in [-0.4, -0.2) is 30.1 Å². The number of rotatable bonds is 7. The highest BCUT2D eigenvalue weighted by molar-refractivity contribution is 5.99. The molecule has 7 nitrogen and oxygen atoms in total. The number of carbonyl (C=O) groups is 3. The minimum absolute atomic E-state index is 0.130. The fourth-order valence-electron chi connectivity index (χ4n) is 3.17. The molecule has 3 N–H and O–H groups in total. The number of anilines is 1. The summed E-state index contributed by atoms with van der Waals surface area (Å²) in [5.41, 5.74) is 0.981. The van der Waals surface area contributed by atoms with E-state index in [1.165, 1.54) is 19.3 Å². The molecular formula is C23H33N3O4. The van der Waals surface area contributed by atoms with Gasteiger partial charge in [0.2, 0.25) is 11.8 Å². The molecule has 164 valence electrons. The summed E-state index contributed by atoms with van der Waals surface area (Å²) in [4.78, 5) is 35.5. The van der Waals surface area contributed by atoms with Crippen LogP contribution >= 0.6 is 0 Å². The van der Waals surface area contributed by atoms with Gasteiger partial charge in [0, 0.05) is 12.2 Å². The Morgan fingerprint density at radius 2 is 1.70 bits per heavy atom. The maximum Gasteiger partial charge on any atom is 0.408 e. The summed E-state index contributed by atoms with van der Waals surface area (Å²) in [6, 6.07) is 7.27. The van der Waals surface area contributed by atoms with Crippen molar-refractivity contribution >= 4 is 23.6 Å². The highest BCUT2D eigenvalue weighted by atomic mass is 16.6. The van der Waals surface area contributed by atoms with Gasteiger partial charge in [-0.3, -0.25) is 9.59 Å². The van der Waals surface area contributed by atoms with Crippen molar-refractivity contribution in [2.24, 2.45) is 5.92 Å². The van der Waals surface area contributed by atoms with Crippen molar-refractivity contribution < 1.29 is 19.1 Å². The topological polar surface area (TPSA) is 96.5 Å². The second kappa shape index (κ2) is 11.4. The molecule has 0 aromatic heterocycles. The molecule has 0 unspecified atom stereocenters. The van der Waals surface area contributed by atoms with Crippen molar-refractivity contribution in [1.29, 1.82) is 0 Å². The first-order valence-corrected chi connectivity index (χ1v) is 10.5. The van der Waals surface area contributed by atoms with E-state index in [1.807, 2.05) is 18.2 Å². The monoisotopic (exact) mass is 415 g/mol. The lowest BCUT2D eigenvalue weighted by Gasteiger charge is -2.19. The molecule has 30 heavy (non-hydrogen) atoms. The zero-order valence-electron chi connectivity index (χ0n) is 18.1. The van der Waals surface area contributed by atoms with Gasteiger partial charge in [-0.15, -0.1) is 0 Å². The number of alkyl carbamates (subject to hydrolysis) is 1. The van der Waals surface area contributed by atoms with Gasteiger partial charge in [0.15, 0.2) is 0 Å². The summed E-state index contributed by atoms with van der Waals surface area (Å²) in [5, 5.41) is 7.99. The predicted octanol–water partition coefficient (Wildman–Crippen LogP) is 3.90. The molecule has 2 rings (SSSR count). The van der Waals surface area contributed by atoms with E-state index in [1.54, 1.807) is 39.0 Å². The van der Waals surface area contributed by atoms with E-state index in [4.69, 9.17) is 4.74 Å². The maximum atomic E-state index is 12.1. The van der Waals surface area contributed by atoms with Crippen LogP contribution in [0.1, 0.15) is 58.4 Å². The van der Waals surface area contributed by atoms with E-state index in [-0.39, 0.29) is 18.4 Å². The van der Waals surface area contributed by atoms with Crippen molar-refractivity contribution in [2.45, 2.75) is 65.0 Å². The van der Waals surface area contributed by atoms with Crippen LogP contribution in [0.2, 0.25) is 0 Å². The molecule has 1 aromatic carbocycles. The fraction of sp³-hybridized carbons (Fsp3) is 0.522. The summed E-state index contributed by atoms with van der Waals surface area (Å²) in [6.45, 7) is 5.43. The first-order chi connectivity index (χ1) is 14.2. The Labute approximate surface area is 178 Å². The van der Waals surface area contributed by atoms with Gasteiger partial charge in [-0.25, -0.2) is 4.79 Å². The Kier molecular flexibility index (Phi) is 8.89. The molecule has 0 heterocycles. The van der Waals surface area contributed by atoms with E-state index in [0.717, 1.165) is 18.4 Å². The standard InChI is InChI=1S/C23H33N3O4/c1-23(2,3)30-22(29)25-16-21(28)24-15-18-9-12-19(13-10-18)26-20(27)14-11-17-7-5-4-6-8-17/h9-14,17H,4-8,15-16H2,1-3H3,(H,24,28)(H,25,29)(H,26,27)/b14-11+. The number of nitrogens with one attached hydrogen (secondary N) is 3. The Hall–Kier alpha value is -2.83. The number of benzene rings is 1. The van der Waals surface area contributed by atoms with E-state index >= 15 is 0 Å². The molecule has 1 aliphatic carbocycles. The lowest BCUT2D eigenvalue weighted by atomic mass is 9.89.